The van der Waals surface area contributed by atoms with Gasteiger partial charge in [-0.25, -0.2) is 4.39 Å². The van der Waals surface area contributed by atoms with Crippen molar-refractivity contribution in [3.8, 4) is 5.75 Å². The summed E-state index contributed by atoms with van der Waals surface area (Å²) >= 11 is 0. The van der Waals surface area contributed by atoms with Crippen molar-refractivity contribution in [2.45, 2.75) is 38.8 Å². The van der Waals surface area contributed by atoms with Gasteiger partial charge in [-0.15, -0.1) is 0 Å². The number of benzene rings is 1. The standard InChI is InChI=1S/C13H18FNO2/c1-8-5-9-11(15-16-4)7-13(2,3)17-12(9)6-10(8)14/h5-6,11,15H,7H2,1-4H3. The average Bonchev–Trinajstić information content (AvgIpc) is 2.20. The number of hydrogen-bond acceptors (Lipinski definition) is 3. The lowest BCUT2D eigenvalue weighted by Gasteiger charge is -2.37. The lowest BCUT2D eigenvalue weighted by molar-refractivity contribution is 0.00274. The molecule has 0 aliphatic carbocycles. The van der Waals surface area contributed by atoms with Crippen LogP contribution < -0.4 is 10.2 Å². The largest absolute Gasteiger partial charge is 0.487 e. The monoisotopic (exact) mass is 239 g/mol. The van der Waals surface area contributed by atoms with Gasteiger partial charge in [0, 0.05) is 18.1 Å². The minimum absolute atomic E-state index is 0.0260. The third-order valence-electron chi connectivity index (χ3n) is 3.01. The maximum atomic E-state index is 13.5. The number of nitrogens with one attached hydrogen (secondary N) is 1. The zero-order chi connectivity index (χ0) is 12.6. The summed E-state index contributed by atoms with van der Waals surface area (Å²) in [6, 6.07) is 3.30. The Morgan fingerprint density at radius 3 is 2.82 bits per heavy atom. The van der Waals surface area contributed by atoms with E-state index >= 15 is 0 Å². The Balaban J connectivity index is 2.45. The van der Waals surface area contributed by atoms with Gasteiger partial charge in [-0.2, -0.15) is 5.48 Å². The number of halogens is 1. The molecule has 0 aromatic heterocycles. The summed E-state index contributed by atoms with van der Waals surface area (Å²) in [6.07, 6.45) is 0.777. The van der Waals surface area contributed by atoms with Gasteiger partial charge in [-0.05, 0) is 32.4 Å². The number of hydroxylamine groups is 1. The van der Waals surface area contributed by atoms with Gasteiger partial charge in [-0.3, -0.25) is 0 Å². The highest BCUT2D eigenvalue weighted by Crippen LogP contribution is 2.40. The summed E-state index contributed by atoms with van der Waals surface area (Å²) in [4.78, 5) is 5.00. The summed E-state index contributed by atoms with van der Waals surface area (Å²) in [5.74, 6) is 0.358. The molecule has 0 fully saturated rings. The van der Waals surface area contributed by atoms with Gasteiger partial charge in [0.05, 0.1) is 13.2 Å². The molecule has 0 saturated heterocycles. The zero-order valence-corrected chi connectivity index (χ0v) is 10.6. The van der Waals surface area contributed by atoms with Crippen LogP contribution in [-0.2, 0) is 4.84 Å². The van der Waals surface area contributed by atoms with E-state index in [-0.39, 0.29) is 17.5 Å². The Morgan fingerprint density at radius 1 is 1.47 bits per heavy atom. The van der Waals surface area contributed by atoms with Gasteiger partial charge in [0.15, 0.2) is 0 Å². The topological polar surface area (TPSA) is 30.5 Å². The van der Waals surface area contributed by atoms with E-state index in [4.69, 9.17) is 9.57 Å². The van der Waals surface area contributed by atoms with Crippen LogP contribution in [0.2, 0.25) is 0 Å². The molecule has 1 atom stereocenters. The van der Waals surface area contributed by atoms with Crippen LogP contribution in [0.1, 0.15) is 37.4 Å². The molecule has 0 saturated carbocycles. The maximum Gasteiger partial charge on any atom is 0.129 e. The Hall–Kier alpha value is -1.13. The Labute approximate surface area is 101 Å². The van der Waals surface area contributed by atoms with Gasteiger partial charge in [0.1, 0.15) is 17.2 Å². The molecule has 1 heterocycles. The second-order valence-electron chi connectivity index (χ2n) is 5.08. The first kappa shape index (κ1) is 12.3. The third-order valence-corrected chi connectivity index (χ3v) is 3.01. The Morgan fingerprint density at radius 2 is 2.18 bits per heavy atom. The molecule has 0 amide bonds. The van der Waals surface area contributed by atoms with Gasteiger partial charge in [0.2, 0.25) is 0 Å². The van der Waals surface area contributed by atoms with E-state index in [0.717, 1.165) is 12.0 Å². The average molecular weight is 239 g/mol. The lowest BCUT2D eigenvalue weighted by atomic mass is 9.89. The van der Waals surface area contributed by atoms with Crippen LogP contribution in [0.5, 0.6) is 5.75 Å². The number of rotatable bonds is 2. The van der Waals surface area contributed by atoms with Crippen molar-refractivity contribution in [1.82, 2.24) is 5.48 Å². The molecule has 0 bridgehead atoms. The third kappa shape index (κ3) is 2.42. The molecule has 1 N–H and O–H groups in total. The molecule has 4 heteroatoms. The van der Waals surface area contributed by atoms with E-state index in [0.29, 0.717) is 11.3 Å². The van der Waals surface area contributed by atoms with Crippen LogP contribution in [-0.4, -0.2) is 12.7 Å². The molecule has 2 rings (SSSR count). The first-order chi connectivity index (χ1) is 7.93. The van der Waals surface area contributed by atoms with Crippen molar-refractivity contribution in [3.63, 3.8) is 0 Å². The molecule has 1 aromatic carbocycles. The summed E-state index contributed by atoms with van der Waals surface area (Å²) in [6.45, 7) is 5.72. The van der Waals surface area contributed by atoms with Crippen LogP contribution >= 0.6 is 0 Å². The van der Waals surface area contributed by atoms with Crippen molar-refractivity contribution in [3.05, 3.63) is 29.1 Å². The van der Waals surface area contributed by atoms with E-state index in [1.54, 1.807) is 14.0 Å². The van der Waals surface area contributed by atoms with E-state index in [9.17, 15) is 4.39 Å². The molecule has 94 valence electrons. The summed E-state index contributed by atoms with van der Waals surface area (Å²) in [5.41, 5.74) is 4.18. The highest BCUT2D eigenvalue weighted by atomic mass is 19.1. The van der Waals surface area contributed by atoms with Crippen molar-refractivity contribution < 1.29 is 14.0 Å². The number of fused-ring (bicyclic) bond motifs is 1. The predicted octanol–water partition coefficient (Wildman–Crippen LogP) is 2.89. The summed E-state index contributed by atoms with van der Waals surface area (Å²) in [7, 11) is 1.58. The smallest absolute Gasteiger partial charge is 0.129 e. The van der Waals surface area contributed by atoms with E-state index in [1.807, 2.05) is 19.9 Å². The fourth-order valence-corrected chi connectivity index (χ4v) is 2.23. The van der Waals surface area contributed by atoms with E-state index < -0.39 is 0 Å². The predicted molar refractivity (Wildman–Crippen MR) is 63.3 cm³/mol. The van der Waals surface area contributed by atoms with E-state index in [2.05, 4.69) is 5.48 Å². The molecule has 1 aliphatic rings. The van der Waals surface area contributed by atoms with Gasteiger partial charge in [-0.1, -0.05) is 0 Å². The molecule has 1 unspecified atom stereocenters. The highest BCUT2D eigenvalue weighted by molar-refractivity contribution is 5.42. The van der Waals surface area contributed by atoms with Crippen molar-refractivity contribution >= 4 is 0 Å². The molecular formula is C13H18FNO2. The van der Waals surface area contributed by atoms with Crippen molar-refractivity contribution in [1.29, 1.82) is 0 Å². The molecular weight excluding hydrogens is 221 g/mol. The van der Waals surface area contributed by atoms with Crippen LogP contribution in [0.3, 0.4) is 0 Å². The molecule has 3 nitrogen and oxygen atoms in total. The maximum absolute atomic E-state index is 13.5. The fourth-order valence-electron chi connectivity index (χ4n) is 2.23. The number of hydrogen-bond donors (Lipinski definition) is 1. The number of ether oxygens (including phenoxy) is 1. The summed E-state index contributed by atoms with van der Waals surface area (Å²) in [5, 5.41) is 0. The lowest BCUT2D eigenvalue weighted by Crippen LogP contribution is -2.39. The van der Waals surface area contributed by atoms with Gasteiger partial charge in [0.25, 0.3) is 0 Å². The molecule has 0 radical (unpaired) electrons. The zero-order valence-electron chi connectivity index (χ0n) is 10.6. The molecule has 17 heavy (non-hydrogen) atoms. The molecule has 0 spiro atoms. The highest BCUT2D eigenvalue weighted by Gasteiger charge is 2.34. The van der Waals surface area contributed by atoms with Crippen LogP contribution in [0.4, 0.5) is 4.39 Å². The number of aryl methyl sites for hydroxylation is 1. The normalized spacial score (nSPS) is 21.8. The van der Waals surface area contributed by atoms with Crippen LogP contribution in [0.25, 0.3) is 0 Å². The quantitative estimate of drug-likeness (QED) is 0.805. The van der Waals surface area contributed by atoms with Gasteiger partial charge < -0.3 is 9.57 Å². The fraction of sp³-hybridized carbons (Fsp3) is 0.538. The SMILES string of the molecule is CONC1CC(C)(C)Oc2cc(F)c(C)cc21. The second-order valence-corrected chi connectivity index (χ2v) is 5.08. The van der Waals surface area contributed by atoms with E-state index in [1.165, 1.54) is 6.07 Å². The Bertz CT molecular complexity index is 432. The molecule has 1 aromatic rings. The first-order valence-corrected chi connectivity index (χ1v) is 5.70. The summed E-state index contributed by atoms with van der Waals surface area (Å²) < 4.78 is 19.3. The van der Waals surface area contributed by atoms with Crippen LogP contribution in [0.15, 0.2) is 12.1 Å². The minimum atomic E-state index is -0.328. The van der Waals surface area contributed by atoms with Crippen molar-refractivity contribution in [2.75, 3.05) is 7.11 Å². The Kier molecular flexibility index (Phi) is 3.10. The second kappa shape index (κ2) is 4.27. The van der Waals surface area contributed by atoms with Gasteiger partial charge >= 0.3 is 0 Å². The van der Waals surface area contributed by atoms with Crippen LogP contribution in [0, 0.1) is 12.7 Å². The van der Waals surface area contributed by atoms with Crippen molar-refractivity contribution in [2.24, 2.45) is 0 Å². The first-order valence-electron chi connectivity index (χ1n) is 5.70. The minimum Gasteiger partial charge on any atom is -0.487 e. The molecule has 1 aliphatic heterocycles.